The molecule has 0 aliphatic carbocycles. The second-order valence-electron chi connectivity index (χ2n) is 4.37. The van der Waals surface area contributed by atoms with Crippen molar-refractivity contribution in [1.29, 1.82) is 0 Å². The maximum absolute atomic E-state index is 12.0. The molecule has 0 atom stereocenters. The van der Waals surface area contributed by atoms with Gasteiger partial charge in [-0.1, -0.05) is 42.5 Å². The lowest BCUT2D eigenvalue weighted by Crippen LogP contribution is -2.25. The standard InChI is InChI=1S/C15H17NO3S/c17-12-4-11-16-20(18,19)15-9-7-14(8-10-15)13-5-2-1-3-6-13/h1-3,5-10,16-17H,4,11-12H2. The quantitative estimate of drug-likeness (QED) is 0.800. The maximum atomic E-state index is 12.0. The Morgan fingerprint density at radius 3 is 2.10 bits per heavy atom. The first-order valence-corrected chi connectivity index (χ1v) is 7.88. The van der Waals surface area contributed by atoms with Crippen LogP contribution in [0.15, 0.2) is 59.5 Å². The second-order valence-corrected chi connectivity index (χ2v) is 6.13. The topological polar surface area (TPSA) is 66.4 Å². The molecule has 20 heavy (non-hydrogen) atoms. The van der Waals surface area contributed by atoms with Gasteiger partial charge in [-0.2, -0.15) is 0 Å². The van der Waals surface area contributed by atoms with Crippen molar-refractivity contribution in [2.24, 2.45) is 0 Å². The van der Waals surface area contributed by atoms with E-state index in [1.165, 1.54) is 0 Å². The van der Waals surface area contributed by atoms with Gasteiger partial charge < -0.3 is 5.11 Å². The number of hydrogen-bond donors (Lipinski definition) is 2. The minimum atomic E-state index is -3.49. The van der Waals surface area contributed by atoms with Crippen LogP contribution in [0.3, 0.4) is 0 Å². The summed E-state index contributed by atoms with van der Waals surface area (Å²) >= 11 is 0. The Balaban J connectivity index is 2.16. The highest BCUT2D eigenvalue weighted by Gasteiger charge is 2.12. The first-order chi connectivity index (χ1) is 9.63. The van der Waals surface area contributed by atoms with Gasteiger partial charge in [0.25, 0.3) is 0 Å². The Morgan fingerprint density at radius 2 is 1.50 bits per heavy atom. The van der Waals surface area contributed by atoms with Crippen molar-refractivity contribution in [2.45, 2.75) is 11.3 Å². The molecule has 0 bridgehead atoms. The molecule has 5 heteroatoms. The van der Waals surface area contributed by atoms with Crippen LogP contribution in [0.4, 0.5) is 0 Å². The van der Waals surface area contributed by atoms with Crippen LogP contribution in [0.1, 0.15) is 6.42 Å². The third-order valence-corrected chi connectivity index (χ3v) is 4.38. The summed E-state index contributed by atoms with van der Waals surface area (Å²) in [6.45, 7) is 0.203. The van der Waals surface area contributed by atoms with E-state index in [2.05, 4.69) is 4.72 Å². The Hall–Kier alpha value is -1.69. The largest absolute Gasteiger partial charge is 0.396 e. The highest BCUT2D eigenvalue weighted by Crippen LogP contribution is 2.20. The molecule has 0 heterocycles. The highest BCUT2D eigenvalue weighted by molar-refractivity contribution is 7.89. The molecular weight excluding hydrogens is 274 g/mol. The predicted octanol–water partition coefficient (Wildman–Crippen LogP) is 2.01. The molecule has 0 aliphatic rings. The Bertz CT molecular complexity index is 637. The monoisotopic (exact) mass is 291 g/mol. The molecule has 2 N–H and O–H groups in total. The fraction of sp³-hybridized carbons (Fsp3) is 0.200. The lowest BCUT2D eigenvalue weighted by atomic mass is 10.1. The smallest absolute Gasteiger partial charge is 0.240 e. The second kappa shape index (κ2) is 6.65. The van der Waals surface area contributed by atoms with E-state index in [1.807, 2.05) is 30.3 Å². The minimum absolute atomic E-state index is 0.0323. The molecule has 0 aliphatic heterocycles. The van der Waals surface area contributed by atoms with Crippen molar-refractivity contribution in [3.05, 3.63) is 54.6 Å². The summed E-state index contributed by atoms with van der Waals surface area (Å²) in [5.41, 5.74) is 2.02. The average Bonchev–Trinajstić information content (AvgIpc) is 2.48. The number of hydrogen-bond acceptors (Lipinski definition) is 3. The van der Waals surface area contributed by atoms with Gasteiger partial charge in [-0.15, -0.1) is 0 Å². The molecule has 0 unspecified atom stereocenters. The first kappa shape index (κ1) is 14.7. The van der Waals surface area contributed by atoms with E-state index in [1.54, 1.807) is 24.3 Å². The molecule has 2 aromatic rings. The fourth-order valence-corrected chi connectivity index (χ4v) is 2.90. The van der Waals surface area contributed by atoms with Gasteiger partial charge in [-0.25, -0.2) is 13.1 Å². The minimum Gasteiger partial charge on any atom is -0.396 e. The number of aliphatic hydroxyl groups is 1. The third kappa shape index (κ3) is 3.66. The van der Waals surface area contributed by atoms with Crippen LogP contribution in [0, 0.1) is 0 Å². The lowest BCUT2D eigenvalue weighted by molar-refractivity contribution is 0.289. The maximum Gasteiger partial charge on any atom is 0.240 e. The van der Waals surface area contributed by atoms with Crippen molar-refractivity contribution in [3.63, 3.8) is 0 Å². The predicted molar refractivity (Wildman–Crippen MR) is 78.8 cm³/mol. The summed E-state index contributed by atoms with van der Waals surface area (Å²) in [7, 11) is -3.49. The summed E-state index contributed by atoms with van der Waals surface area (Å²) in [4.78, 5) is 0.232. The van der Waals surface area contributed by atoms with E-state index in [-0.39, 0.29) is 18.0 Å². The van der Waals surface area contributed by atoms with E-state index in [0.717, 1.165) is 11.1 Å². The molecule has 0 saturated heterocycles. The lowest BCUT2D eigenvalue weighted by Gasteiger charge is -2.07. The fourth-order valence-electron chi connectivity index (χ4n) is 1.83. The van der Waals surface area contributed by atoms with Crippen LogP contribution in [-0.2, 0) is 10.0 Å². The van der Waals surface area contributed by atoms with Crippen LogP contribution in [0.2, 0.25) is 0 Å². The van der Waals surface area contributed by atoms with Gasteiger partial charge in [-0.05, 0) is 29.7 Å². The van der Waals surface area contributed by atoms with Gasteiger partial charge in [-0.3, -0.25) is 0 Å². The summed E-state index contributed by atoms with van der Waals surface area (Å²) in [6.07, 6.45) is 0.404. The van der Waals surface area contributed by atoms with Crippen molar-refractivity contribution in [1.82, 2.24) is 4.72 Å². The van der Waals surface area contributed by atoms with Gasteiger partial charge in [0.05, 0.1) is 4.90 Å². The molecule has 4 nitrogen and oxygen atoms in total. The zero-order valence-electron chi connectivity index (χ0n) is 11.0. The third-order valence-electron chi connectivity index (χ3n) is 2.90. The first-order valence-electron chi connectivity index (χ1n) is 6.39. The highest BCUT2D eigenvalue weighted by atomic mass is 32.2. The van der Waals surface area contributed by atoms with Gasteiger partial charge in [0.1, 0.15) is 0 Å². The molecule has 2 aromatic carbocycles. The average molecular weight is 291 g/mol. The van der Waals surface area contributed by atoms with Crippen molar-refractivity contribution >= 4 is 10.0 Å². The zero-order valence-corrected chi connectivity index (χ0v) is 11.8. The normalized spacial score (nSPS) is 11.4. The van der Waals surface area contributed by atoms with Crippen molar-refractivity contribution in [3.8, 4) is 11.1 Å². The van der Waals surface area contributed by atoms with Crippen molar-refractivity contribution < 1.29 is 13.5 Å². The number of nitrogens with one attached hydrogen (secondary N) is 1. The number of aliphatic hydroxyl groups excluding tert-OH is 1. The van der Waals surface area contributed by atoms with E-state index < -0.39 is 10.0 Å². The summed E-state index contributed by atoms with van der Waals surface area (Å²) in [6, 6.07) is 16.5. The molecule has 0 fully saturated rings. The molecule has 0 aromatic heterocycles. The zero-order chi connectivity index (χ0) is 14.4. The summed E-state index contributed by atoms with van der Waals surface area (Å²) in [5, 5.41) is 8.66. The molecule has 0 saturated carbocycles. The van der Waals surface area contributed by atoms with Crippen LogP contribution in [0.5, 0.6) is 0 Å². The summed E-state index contributed by atoms with van der Waals surface area (Å²) < 4.78 is 26.4. The number of benzene rings is 2. The number of sulfonamides is 1. The van der Waals surface area contributed by atoms with Crippen molar-refractivity contribution in [2.75, 3.05) is 13.2 Å². The van der Waals surface area contributed by atoms with Crippen LogP contribution >= 0.6 is 0 Å². The molecule has 0 amide bonds. The SMILES string of the molecule is O=S(=O)(NCCCO)c1ccc(-c2ccccc2)cc1. The van der Waals surface area contributed by atoms with E-state index >= 15 is 0 Å². The van der Waals surface area contributed by atoms with E-state index in [4.69, 9.17) is 5.11 Å². The molecule has 106 valence electrons. The van der Waals surface area contributed by atoms with Gasteiger partial charge in [0.15, 0.2) is 0 Å². The Kier molecular flexibility index (Phi) is 4.89. The van der Waals surface area contributed by atoms with Gasteiger partial charge >= 0.3 is 0 Å². The molecular formula is C15H17NO3S. The molecule has 0 spiro atoms. The molecule has 2 rings (SSSR count). The van der Waals surface area contributed by atoms with E-state index in [9.17, 15) is 8.42 Å². The summed E-state index contributed by atoms with van der Waals surface area (Å²) in [5.74, 6) is 0. The Labute approximate surface area is 119 Å². The van der Waals surface area contributed by atoms with Crippen LogP contribution in [-0.4, -0.2) is 26.7 Å². The van der Waals surface area contributed by atoms with Crippen LogP contribution in [0.25, 0.3) is 11.1 Å². The van der Waals surface area contributed by atoms with E-state index in [0.29, 0.717) is 6.42 Å². The van der Waals surface area contributed by atoms with Gasteiger partial charge in [0, 0.05) is 13.2 Å². The molecule has 0 radical (unpaired) electrons. The van der Waals surface area contributed by atoms with Gasteiger partial charge in [0.2, 0.25) is 10.0 Å². The Morgan fingerprint density at radius 1 is 0.900 bits per heavy atom. The van der Waals surface area contributed by atoms with Crippen LogP contribution < -0.4 is 4.72 Å². The number of rotatable bonds is 6.